The summed E-state index contributed by atoms with van der Waals surface area (Å²) in [6.45, 7) is 3.48. The quantitative estimate of drug-likeness (QED) is 0.352. The molecule has 1 unspecified atom stereocenters. The molecule has 0 amide bonds. The van der Waals surface area contributed by atoms with Crippen LogP contribution in [0.5, 0.6) is 0 Å². The zero-order chi connectivity index (χ0) is 15.3. The molecular formula is C12H19O7P-2. The van der Waals surface area contributed by atoms with Gasteiger partial charge >= 0.3 is 5.97 Å². The monoisotopic (exact) mass is 306 g/mol. The molecule has 0 N–H and O–H groups in total. The molecule has 1 fully saturated rings. The van der Waals surface area contributed by atoms with Crippen LogP contribution in [0, 0.1) is 17.8 Å². The number of carbonyl (C=O) groups is 2. The maximum Gasteiger partial charge on any atom is 0.316 e. The van der Waals surface area contributed by atoms with Gasteiger partial charge in [0, 0.05) is 12.3 Å². The van der Waals surface area contributed by atoms with Crippen molar-refractivity contribution in [3.63, 3.8) is 0 Å². The Kier molecular flexibility index (Phi) is 6.33. The first kappa shape index (κ1) is 17.3. The lowest BCUT2D eigenvalue weighted by atomic mass is 9.89. The van der Waals surface area contributed by atoms with E-state index >= 15 is 0 Å². The molecule has 0 spiro atoms. The van der Waals surface area contributed by atoms with Crippen LogP contribution >= 0.6 is 7.82 Å². The Hall–Kier alpha value is -0.750. The molecule has 20 heavy (non-hydrogen) atoms. The summed E-state index contributed by atoms with van der Waals surface area (Å²) in [5.74, 6) is -2.21. The van der Waals surface area contributed by atoms with E-state index in [1.165, 1.54) is 0 Å². The van der Waals surface area contributed by atoms with E-state index in [-0.39, 0.29) is 18.8 Å². The first-order valence-electron chi connectivity index (χ1n) is 6.56. The standard InChI is InChI=1S/C12H21O7P/c1-8(2)4-3-5-10(13)11-9(6-18-12(11)14)7-19-20(15,16)17/h8-9,11H,3-7H2,1-2H3,(H2,15,16,17)/p-2/t9-,11?/m0/s1. The average molecular weight is 306 g/mol. The smallest absolute Gasteiger partial charge is 0.316 e. The Morgan fingerprint density at radius 1 is 1.50 bits per heavy atom. The SMILES string of the molecule is CC(C)CCCC(=O)C1C(=O)OC[C@H]1COP(=O)([O-])[O-]. The lowest BCUT2D eigenvalue weighted by Crippen LogP contribution is -2.30. The second-order valence-corrected chi connectivity index (χ2v) is 6.52. The fourth-order valence-corrected chi connectivity index (χ4v) is 2.51. The van der Waals surface area contributed by atoms with Crippen molar-refractivity contribution in [3.8, 4) is 0 Å². The lowest BCUT2D eigenvalue weighted by Gasteiger charge is -2.30. The predicted molar refractivity (Wildman–Crippen MR) is 65.2 cm³/mol. The number of hydrogen-bond donors (Lipinski definition) is 0. The van der Waals surface area contributed by atoms with E-state index in [4.69, 9.17) is 4.74 Å². The number of rotatable bonds is 8. The molecule has 1 rings (SSSR count). The van der Waals surface area contributed by atoms with Gasteiger partial charge in [0.25, 0.3) is 0 Å². The van der Waals surface area contributed by atoms with Crippen molar-refractivity contribution >= 4 is 19.6 Å². The van der Waals surface area contributed by atoms with Gasteiger partial charge in [0.15, 0.2) is 0 Å². The van der Waals surface area contributed by atoms with Gasteiger partial charge in [-0.05, 0) is 12.3 Å². The second-order valence-electron chi connectivity index (χ2n) is 5.36. The highest BCUT2D eigenvalue weighted by Crippen LogP contribution is 2.31. The molecule has 7 nitrogen and oxygen atoms in total. The molecule has 1 aliphatic heterocycles. The molecule has 8 heteroatoms. The highest BCUT2D eigenvalue weighted by Gasteiger charge is 2.41. The van der Waals surface area contributed by atoms with E-state index in [9.17, 15) is 23.9 Å². The molecule has 2 atom stereocenters. The topological polar surface area (TPSA) is 116 Å². The zero-order valence-electron chi connectivity index (χ0n) is 11.6. The fourth-order valence-electron chi connectivity index (χ4n) is 2.13. The summed E-state index contributed by atoms with van der Waals surface area (Å²) in [5, 5.41) is 0. The summed E-state index contributed by atoms with van der Waals surface area (Å²) in [7, 11) is -5.11. The van der Waals surface area contributed by atoms with Gasteiger partial charge in [-0.1, -0.05) is 20.3 Å². The molecule has 0 radical (unpaired) electrons. The van der Waals surface area contributed by atoms with Gasteiger partial charge in [-0.3, -0.25) is 9.59 Å². The number of carbonyl (C=O) groups excluding carboxylic acids is 2. The normalized spacial score (nSPS) is 23.1. The Labute approximate surface area is 117 Å². The number of phosphoric acid groups is 1. The Balaban J connectivity index is 2.52. The number of esters is 1. The van der Waals surface area contributed by atoms with Gasteiger partial charge in [-0.25, -0.2) is 0 Å². The molecule has 0 aromatic carbocycles. The number of phosphoric ester groups is 1. The number of ether oxygens (including phenoxy) is 1. The molecule has 0 aromatic heterocycles. The molecule has 1 heterocycles. The Bertz CT molecular complexity index is 401. The summed E-state index contributed by atoms with van der Waals surface area (Å²) in [6.07, 6.45) is 1.77. The highest BCUT2D eigenvalue weighted by atomic mass is 31.2. The van der Waals surface area contributed by atoms with Crippen LogP contribution in [0.4, 0.5) is 0 Å². The van der Waals surface area contributed by atoms with Crippen LogP contribution in [-0.2, 0) is 23.4 Å². The first-order valence-corrected chi connectivity index (χ1v) is 8.02. The Morgan fingerprint density at radius 2 is 2.15 bits per heavy atom. The van der Waals surface area contributed by atoms with Gasteiger partial charge < -0.3 is 23.6 Å². The van der Waals surface area contributed by atoms with Crippen LogP contribution in [0.15, 0.2) is 0 Å². The summed E-state index contributed by atoms with van der Waals surface area (Å²) in [5.41, 5.74) is 0. The van der Waals surface area contributed by atoms with Gasteiger partial charge in [0.1, 0.15) is 11.7 Å². The second kappa shape index (κ2) is 7.31. The molecule has 0 saturated carbocycles. The maximum atomic E-state index is 12.0. The van der Waals surface area contributed by atoms with E-state index in [0.717, 1.165) is 6.42 Å². The van der Waals surface area contributed by atoms with Crippen molar-refractivity contribution in [2.75, 3.05) is 13.2 Å². The van der Waals surface area contributed by atoms with E-state index in [1.807, 2.05) is 13.8 Å². The third kappa shape index (κ3) is 5.71. The third-order valence-electron chi connectivity index (χ3n) is 3.16. The van der Waals surface area contributed by atoms with Crippen molar-refractivity contribution in [2.45, 2.75) is 33.1 Å². The van der Waals surface area contributed by atoms with Crippen LogP contribution in [-0.4, -0.2) is 25.0 Å². The number of ketones is 1. The van der Waals surface area contributed by atoms with Gasteiger partial charge in [-0.15, -0.1) is 0 Å². The minimum Gasteiger partial charge on any atom is -0.790 e. The van der Waals surface area contributed by atoms with Crippen LogP contribution in [0.3, 0.4) is 0 Å². The van der Waals surface area contributed by atoms with Crippen LogP contribution in [0.1, 0.15) is 33.1 Å². The number of cyclic esters (lactones) is 1. The summed E-state index contributed by atoms with van der Waals surface area (Å²) < 4.78 is 19.3. The van der Waals surface area contributed by atoms with Crippen LogP contribution in [0.25, 0.3) is 0 Å². The highest BCUT2D eigenvalue weighted by molar-refractivity contribution is 7.43. The predicted octanol–water partition coefficient (Wildman–Crippen LogP) is 0.0163. The van der Waals surface area contributed by atoms with E-state index in [1.54, 1.807) is 0 Å². The van der Waals surface area contributed by atoms with Crippen molar-refractivity contribution < 1.29 is 33.2 Å². The van der Waals surface area contributed by atoms with Gasteiger partial charge in [0.05, 0.1) is 21.0 Å². The van der Waals surface area contributed by atoms with Crippen LogP contribution in [0.2, 0.25) is 0 Å². The summed E-state index contributed by atoms with van der Waals surface area (Å²) in [4.78, 5) is 44.4. The van der Waals surface area contributed by atoms with Crippen LogP contribution < -0.4 is 9.79 Å². The third-order valence-corrected chi connectivity index (χ3v) is 3.63. The molecule has 0 aliphatic carbocycles. The van der Waals surface area contributed by atoms with Crippen molar-refractivity contribution in [3.05, 3.63) is 0 Å². The van der Waals surface area contributed by atoms with Crippen molar-refractivity contribution in [2.24, 2.45) is 17.8 Å². The Morgan fingerprint density at radius 3 is 2.70 bits per heavy atom. The van der Waals surface area contributed by atoms with Gasteiger partial charge in [-0.2, -0.15) is 0 Å². The van der Waals surface area contributed by atoms with Gasteiger partial charge in [0.2, 0.25) is 0 Å². The van der Waals surface area contributed by atoms with Crippen molar-refractivity contribution in [1.29, 1.82) is 0 Å². The maximum absolute atomic E-state index is 12.0. The largest absolute Gasteiger partial charge is 0.790 e. The lowest BCUT2D eigenvalue weighted by molar-refractivity contribution is -0.342. The first-order chi connectivity index (χ1) is 9.20. The molecule has 1 saturated heterocycles. The minimum absolute atomic E-state index is 0.0978. The average Bonchev–Trinajstić information content (AvgIpc) is 2.66. The molecule has 1 aliphatic rings. The zero-order valence-corrected chi connectivity index (χ0v) is 12.5. The fraction of sp³-hybridized carbons (Fsp3) is 0.833. The minimum atomic E-state index is -5.11. The molecular weight excluding hydrogens is 287 g/mol. The number of hydrogen-bond acceptors (Lipinski definition) is 7. The molecule has 0 aromatic rings. The van der Waals surface area contributed by atoms with E-state index in [2.05, 4.69) is 4.52 Å². The van der Waals surface area contributed by atoms with E-state index in [0.29, 0.717) is 12.3 Å². The molecule has 0 bridgehead atoms. The van der Waals surface area contributed by atoms with Crippen molar-refractivity contribution in [1.82, 2.24) is 0 Å². The van der Waals surface area contributed by atoms with E-state index < -0.39 is 32.2 Å². The number of Topliss-reactive ketones (excluding diaryl/α,β-unsaturated/α-hetero) is 1. The summed E-state index contributed by atoms with van der Waals surface area (Å²) >= 11 is 0. The summed E-state index contributed by atoms with van der Waals surface area (Å²) in [6, 6.07) is 0. The molecule has 116 valence electrons.